The number of benzene rings is 1. The Bertz CT molecular complexity index is 963. The van der Waals surface area contributed by atoms with Crippen molar-refractivity contribution in [1.29, 1.82) is 0 Å². The Morgan fingerprint density at radius 2 is 1.94 bits per heavy atom. The number of oxime groups is 1. The summed E-state index contributed by atoms with van der Waals surface area (Å²) >= 11 is 0. The summed E-state index contributed by atoms with van der Waals surface area (Å²) in [4.78, 5) is 32.4. The third kappa shape index (κ3) is 8.77. The smallest absolute Gasteiger partial charge is 0.342 e. The summed E-state index contributed by atoms with van der Waals surface area (Å²) in [5.41, 5.74) is 1.85. The first-order chi connectivity index (χ1) is 16.8. The van der Waals surface area contributed by atoms with E-state index in [0.717, 1.165) is 30.9 Å². The van der Waals surface area contributed by atoms with Gasteiger partial charge in [0.1, 0.15) is 23.2 Å². The molecule has 2 N–H and O–H groups in total. The van der Waals surface area contributed by atoms with Crippen molar-refractivity contribution in [2.75, 3.05) is 19.7 Å². The Hall–Kier alpha value is -3.29. The number of hydrogen-bond donors (Lipinski definition) is 2. The van der Waals surface area contributed by atoms with Crippen molar-refractivity contribution in [1.82, 2.24) is 4.90 Å². The van der Waals surface area contributed by atoms with Crippen molar-refractivity contribution in [2.45, 2.75) is 72.3 Å². The molecule has 0 saturated carbocycles. The SMILES string of the molecule is CCCC1C/C=C/CC/C(C)=C/C(=N\OCC(=O)N(CC)CC)Cc2cc(O)cc(O)c2C(=O)O1. The molecule has 192 valence electrons. The van der Waals surface area contributed by atoms with E-state index >= 15 is 0 Å². The van der Waals surface area contributed by atoms with Crippen LogP contribution in [0, 0.1) is 0 Å². The Kier molecular flexibility index (Phi) is 11.3. The van der Waals surface area contributed by atoms with Crippen LogP contribution in [0.25, 0.3) is 0 Å². The number of rotatable bonds is 7. The first-order valence-electron chi connectivity index (χ1n) is 12.3. The molecule has 35 heavy (non-hydrogen) atoms. The largest absolute Gasteiger partial charge is 0.508 e. The predicted molar refractivity (Wildman–Crippen MR) is 136 cm³/mol. The maximum atomic E-state index is 13.1. The number of cyclic esters (lactones) is 1. The number of amides is 1. The van der Waals surface area contributed by atoms with Gasteiger partial charge in [0.25, 0.3) is 5.91 Å². The molecule has 0 aromatic heterocycles. The van der Waals surface area contributed by atoms with Gasteiger partial charge in [-0.1, -0.05) is 36.2 Å². The number of ether oxygens (including phenoxy) is 1. The summed E-state index contributed by atoms with van der Waals surface area (Å²) < 4.78 is 5.73. The quantitative estimate of drug-likeness (QED) is 0.323. The number of carbonyl (C=O) groups is 2. The van der Waals surface area contributed by atoms with E-state index in [1.54, 1.807) is 4.90 Å². The van der Waals surface area contributed by atoms with Gasteiger partial charge >= 0.3 is 5.97 Å². The van der Waals surface area contributed by atoms with Gasteiger partial charge in [0, 0.05) is 32.0 Å². The van der Waals surface area contributed by atoms with Gasteiger partial charge in [-0.3, -0.25) is 4.79 Å². The molecule has 1 aromatic carbocycles. The van der Waals surface area contributed by atoms with Crippen molar-refractivity contribution in [2.24, 2.45) is 5.16 Å². The molecular formula is C27H38N2O6. The maximum absolute atomic E-state index is 13.1. The molecule has 1 aromatic rings. The Morgan fingerprint density at radius 3 is 2.63 bits per heavy atom. The number of fused-ring (bicyclic) bond motifs is 1. The summed E-state index contributed by atoms with van der Waals surface area (Å²) in [5.74, 6) is -1.37. The third-order valence-electron chi connectivity index (χ3n) is 5.81. The van der Waals surface area contributed by atoms with E-state index in [4.69, 9.17) is 9.57 Å². The molecule has 8 nitrogen and oxygen atoms in total. The summed E-state index contributed by atoms with van der Waals surface area (Å²) in [7, 11) is 0. The summed E-state index contributed by atoms with van der Waals surface area (Å²) in [6.45, 7) is 8.74. The first kappa shape index (κ1) is 28.0. The number of esters is 1. The average molecular weight is 487 g/mol. The van der Waals surface area contributed by atoms with E-state index in [0.29, 0.717) is 37.2 Å². The molecule has 1 aliphatic heterocycles. The number of phenolic OH excluding ortho intramolecular Hbond substituents is 2. The van der Waals surface area contributed by atoms with Crippen molar-refractivity contribution in [3.63, 3.8) is 0 Å². The lowest BCUT2D eigenvalue weighted by molar-refractivity contribution is -0.135. The minimum Gasteiger partial charge on any atom is -0.508 e. The van der Waals surface area contributed by atoms with Crippen LogP contribution in [-0.4, -0.2) is 58.5 Å². The molecule has 0 radical (unpaired) electrons. The van der Waals surface area contributed by atoms with Crippen molar-refractivity contribution in [3.8, 4) is 11.5 Å². The number of allylic oxidation sites excluding steroid dienone is 3. The molecule has 0 saturated heterocycles. The fourth-order valence-electron chi connectivity index (χ4n) is 3.98. The van der Waals surface area contributed by atoms with Crippen LogP contribution >= 0.6 is 0 Å². The molecule has 0 spiro atoms. The minimum atomic E-state index is -0.654. The third-order valence-corrected chi connectivity index (χ3v) is 5.81. The van der Waals surface area contributed by atoms with Gasteiger partial charge in [-0.2, -0.15) is 0 Å². The van der Waals surface area contributed by atoms with Crippen LogP contribution in [0.3, 0.4) is 0 Å². The topological polar surface area (TPSA) is 109 Å². The molecule has 1 amide bonds. The standard InChI is InChI=1S/C27H38N2O6/c1-5-11-23-13-10-8-9-12-19(4)14-21(28-34-18-25(32)29(6-2)7-3)15-20-16-22(30)17-24(31)26(20)27(33)35-23/h8,10,14,16-17,23,30-31H,5-7,9,11-13,15,18H2,1-4H3/b10-8+,19-14+,28-21+. The molecular weight excluding hydrogens is 448 g/mol. The van der Waals surface area contributed by atoms with E-state index < -0.39 is 5.97 Å². The van der Waals surface area contributed by atoms with Crippen molar-refractivity contribution in [3.05, 3.63) is 47.1 Å². The van der Waals surface area contributed by atoms with Crippen LogP contribution in [0.5, 0.6) is 11.5 Å². The van der Waals surface area contributed by atoms with Crippen LogP contribution in [0.2, 0.25) is 0 Å². The zero-order chi connectivity index (χ0) is 25.8. The molecule has 0 aliphatic carbocycles. The highest BCUT2D eigenvalue weighted by atomic mass is 16.6. The van der Waals surface area contributed by atoms with Gasteiger partial charge in [0.15, 0.2) is 6.61 Å². The number of phenols is 2. The normalized spacial score (nSPS) is 20.7. The monoisotopic (exact) mass is 486 g/mol. The second kappa shape index (κ2) is 14.2. The highest BCUT2D eigenvalue weighted by Crippen LogP contribution is 2.30. The Balaban J connectivity index is 2.43. The van der Waals surface area contributed by atoms with Gasteiger partial charge in [-0.15, -0.1) is 0 Å². The maximum Gasteiger partial charge on any atom is 0.342 e. The molecule has 1 atom stereocenters. The highest BCUT2D eigenvalue weighted by Gasteiger charge is 2.23. The second-order valence-electron chi connectivity index (χ2n) is 8.65. The van der Waals surface area contributed by atoms with Gasteiger partial charge in [-0.25, -0.2) is 4.79 Å². The lowest BCUT2D eigenvalue weighted by Crippen LogP contribution is -2.33. The Labute approximate surface area is 207 Å². The summed E-state index contributed by atoms with van der Waals surface area (Å²) in [6.07, 6.45) is 9.47. The molecule has 1 aliphatic rings. The molecule has 8 heteroatoms. The number of likely N-dealkylation sites (N-methyl/N-ethyl adjacent to an activating group) is 1. The van der Waals surface area contributed by atoms with Crippen LogP contribution in [-0.2, 0) is 20.8 Å². The molecule has 2 rings (SSSR count). The van der Waals surface area contributed by atoms with E-state index in [-0.39, 0.29) is 42.1 Å². The first-order valence-corrected chi connectivity index (χ1v) is 12.3. The zero-order valence-corrected chi connectivity index (χ0v) is 21.2. The number of carbonyl (C=O) groups excluding carboxylic acids is 2. The van der Waals surface area contributed by atoms with Crippen LogP contribution < -0.4 is 0 Å². The fraction of sp³-hybridized carbons (Fsp3) is 0.519. The van der Waals surface area contributed by atoms with Gasteiger partial charge in [-0.05, 0) is 57.7 Å². The molecule has 1 heterocycles. The lowest BCUT2D eigenvalue weighted by Gasteiger charge is -2.19. The number of nitrogens with zero attached hydrogens (tertiary/aromatic N) is 2. The van der Waals surface area contributed by atoms with E-state index in [1.807, 2.05) is 39.8 Å². The van der Waals surface area contributed by atoms with Crippen molar-refractivity contribution < 1.29 is 29.4 Å². The summed E-state index contributed by atoms with van der Waals surface area (Å²) in [5, 5.41) is 24.8. The van der Waals surface area contributed by atoms with Gasteiger partial charge in [0.2, 0.25) is 0 Å². The van der Waals surface area contributed by atoms with Gasteiger partial charge in [0.05, 0.1) is 5.71 Å². The zero-order valence-electron chi connectivity index (χ0n) is 21.2. The van der Waals surface area contributed by atoms with Crippen LogP contribution in [0.15, 0.2) is 41.1 Å². The second-order valence-corrected chi connectivity index (χ2v) is 8.65. The van der Waals surface area contributed by atoms with E-state index in [2.05, 4.69) is 11.2 Å². The highest BCUT2D eigenvalue weighted by molar-refractivity contribution is 6.01. The number of hydrogen-bond acceptors (Lipinski definition) is 7. The predicted octanol–water partition coefficient (Wildman–Crippen LogP) is 4.89. The van der Waals surface area contributed by atoms with Crippen LogP contribution in [0.4, 0.5) is 0 Å². The molecule has 1 unspecified atom stereocenters. The minimum absolute atomic E-state index is 0.0112. The molecule has 0 fully saturated rings. The number of aromatic hydroxyl groups is 2. The van der Waals surface area contributed by atoms with Crippen molar-refractivity contribution >= 4 is 17.6 Å². The summed E-state index contributed by atoms with van der Waals surface area (Å²) in [6, 6.07) is 2.53. The van der Waals surface area contributed by atoms with Gasteiger partial charge < -0.3 is 24.7 Å². The fourth-order valence-corrected chi connectivity index (χ4v) is 3.98. The average Bonchev–Trinajstić information content (AvgIpc) is 2.78. The molecule has 0 bridgehead atoms. The van der Waals surface area contributed by atoms with Crippen LogP contribution in [0.1, 0.15) is 75.7 Å². The Morgan fingerprint density at radius 1 is 1.20 bits per heavy atom. The lowest BCUT2D eigenvalue weighted by atomic mass is 9.98. The van der Waals surface area contributed by atoms with E-state index in [1.165, 1.54) is 6.07 Å². The van der Waals surface area contributed by atoms with E-state index in [9.17, 15) is 19.8 Å².